The van der Waals surface area contributed by atoms with Crippen LogP contribution in [0.15, 0.2) is 12.1 Å². The Morgan fingerprint density at radius 1 is 1.37 bits per heavy atom. The number of carbonyl (C=O) groups is 1. The van der Waals surface area contributed by atoms with E-state index >= 15 is 0 Å². The zero-order chi connectivity index (χ0) is 14.0. The smallest absolute Gasteiger partial charge is 0.255 e. The van der Waals surface area contributed by atoms with Crippen LogP contribution < -0.4 is 0 Å². The molecule has 1 aromatic carbocycles. The van der Waals surface area contributed by atoms with Crippen molar-refractivity contribution in [3.05, 3.63) is 32.1 Å². The van der Waals surface area contributed by atoms with Crippen molar-refractivity contribution < 1.29 is 9.18 Å². The Bertz CT molecular complexity index is 490. The maximum atomic E-state index is 13.3. The Morgan fingerprint density at radius 2 is 2.00 bits per heavy atom. The quantitative estimate of drug-likeness (QED) is 0.567. The van der Waals surface area contributed by atoms with E-state index in [4.69, 9.17) is 11.6 Å². The number of hydrogen-bond acceptors (Lipinski definition) is 2. The van der Waals surface area contributed by atoms with Crippen LogP contribution in [0, 0.1) is 9.39 Å². The van der Waals surface area contributed by atoms with Gasteiger partial charge in [-0.15, -0.1) is 0 Å². The lowest BCUT2D eigenvalue weighted by Crippen LogP contribution is -2.48. The standard InChI is InChI=1S/C13H15ClFIN2O/c1-2-17-3-5-18(6-4-17)13(19)9-7-12(16)11(15)8-10(9)14/h7-8H,2-6H2,1H3. The van der Waals surface area contributed by atoms with Gasteiger partial charge in [-0.3, -0.25) is 4.79 Å². The van der Waals surface area contributed by atoms with Crippen molar-refractivity contribution in [1.82, 2.24) is 9.80 Å². The second-order valence-corrected chi connectivity index (χ2v) is 6.04. The van der Waals surface area contributed by atoms with Crippen LogP contribution in [0.2, 0.25) is 5.02 Å². The predicted octanol–water partition coefficient (Wildman–Crippen LogP) is 2.86. The van der Waals surface area contributed by atoms with Crippen LogP contribution in [0.1, 0.15) is 17.3 Å². The third-order valence-corrected chi connectivity index (χ3v) is 4.49. The molecular formula is C13H15ClFIN2O. The molecule has 0 bridgehead atoms. The minimum Gasteiger partial charge on any atom is -0.336 e. The predicted molar refractivity (Wildman–Crippen MR) is 82.1 cm³/mol. The molecular weight excluding hydrogens is 382 g/mol. The maximum absolute atomic E-state index is 13.3. The SMILES string of the molecule is CCN1CCN(C(=O)c2cc(I)c(F)cc2Cl)CC1. The Balaban J connectivity index is 2.14. The molecule has 0 unspecified atom stereocenters. The van der Waals surface area contributed by atoms with Crippen molar-refractivity contribution in [1.29, 1.82) is 0 Å². The average Bonchev–Trinajstić information content (AvgIpc) is 2.42. The van der Waals surface area contributed by atoms with Crippen molar-refractivity contribution in [2.24, 2.45) is 0 Å². The normalized spacial score (nSPS) is 16.7. The summed E-state index contributed by atoms with van der Waals surface area (Å²) in [5, 5.41) is 0.181. The Morgan fingerprint density at radius 3 is 2.58 bits per heavy atom. The van der Waals surface area contributed by atoms with Crippen LogP contribution in [-0.2, 0) is 0 Å². The van der Waals surface area contributed by atoms with Crippen LogP contribution >= 0.6 is 34.2 Å². The van der Waals surface area contributed by atoms with Crippen molar-refractivity contribution in [3.8, 4) is 0 Å². The van der Waals surface area contributed by atoms with Gasteiger partial charge < -0.3 is 9.80 Å². The second kappa shape index (κ2) is 6.37. The first-order valence-corrected chi connectivity index (χ1v) is 7.64. The maximum Gasteiger partial charge on any atom is 0.255 e. The summed E-state index contributed by atoms with van der Waals surface area (Å²) in [6, 6.07) is 2.73. The summed E-state index contributed by atoms with van der Waals surface area (Å²) in [6.07, 6.45) is 0. The highest BCUT2D eigenvalue weighted by atomic mass is 127. The number of hydrogen-bond donors (Lipinski definition) is 0. The van der Waals surface area contributed by atoms with Gasteiger partial charge in [-0.2, -0.15) is 0 Å². The molecule has 0 atom stereocenters. The minimum atomic E-state index is -0.391. The van der Waals surface area contributed by atoms with Gasteiger partial charge in [0, 0.05) is 29.7 Å². The van der Waals surface area contributed by atoms with Gasteiger partial charge in [-0.05, 0) is 41.3 Å². The molecule has 1 aromatic rings. The van der Waals surface area contributed by atoms with E-state index in [2.05, 4.69) is 11.8 Å². The van der Waals surface area contributed by atoms with Gasteiger partial charge in [0.05, 0.1) is 10.6 Å². The lowest BCUT2D eigenvalue weighted by molar-refractivity contribution is 0.0643. The molecule has 2 rings (SSSR count). The molecule has 0 aromatic heterocycles. The number of halogens is 3. The molecule has 104 valence electrons. The summed E-state index contributed by atoms with van der Waals surface area (Å²) >= 11 is 7.84. The molecule has 0 N–H and O–H groups in total. The fourth-order valence-corrected chi connectivity index (χ4v) is 2.82. The zero-order valence-corrected chi connectivity index (χ0v) is 13.5. The fraction of sp³-hybridized carbons (Fsp3) is 0.462. The van der Waals surface area contributed by atoms with E-state index in [-0.39, 0.29) is 10.9 Å². The van der Waals surface area contributed by atoms with Crippen LogP contribution in [-0.4, -0.2) is 48.4 Å². The van der Waals surface area contributed by atoms with E-state index < -0.39 is 5.82 Å². The fourth-order valence-electron chi connectivity index (χ4n) is 2.12. The van der Waals surface area contributed by atoms with Gasteiger partial charge >= 0.3 is 0 Å². The van der Waals surface area contributed by atoms with Gasteiger partial charge in [0.2, 0.25) is 0 Å². The van der Waals surface area contributed by atoms with Crippen LogP contribution in [0.5, 0.6) is 0 Å². The number of benzene rings is 1. The van der Waals surface area contributed by atoms with Gasteiger partial charge in [-0.1, -0.05) is 18.5 Å². The third kappa shape index (κ3) is 3.38. The summed E-state index contributed by atoms with van der Waals surface area (Å²) in [5.41, 5.74) is 0.386. The van der Waals surface area contributed by atoms with Crippen LogP contribution in [0.3, 0.4) is 0 Å². The average molecular weight is 397 g/mol. The van der Waals surface area contributed by atoms with E-state index in [1.54, 1.807) is 4.90 Å². The molecule has 3 nitrogen and oxygen atoms in total. The Labute approximate surface area is 130 Å². The largest absolute Gasteiger partial charge is 0.336 e. The van der Waals surface area contributed by atoms with Crippen molar-refractivity contribution in [2.45, 2.75) is 6.92 Å². The summed E-state index contributed by atoms with van der Waals surface area (Å²) in [7, 11) is 0. The summed E-state index contributed by atoms with van der Waals surface area (Å²) in [6.45, 7) is 6.23. The summed E-state index contributed by atoms with van der Waals surface area (Å²) in [4.78, 5) is 16.4. The number of rotatable bonds is 2. The van der Waals surface area contributed by atoms with Gasteiger partial charge in [0.15, 0.2) is 0 Å². The first-order chi connectivity index (χ1) is 9.02. The first-order valence-electron chi connectivity index (χ1n) is 6.19. The highest BCUT2D eigenvalue weighted by Gasteiger charge is 2.23. The van der Waals surface area contributed by atoms with Gasteiger partial charge in [-0.25, -0.2) is 4.39 Å². The van der Waals surface area contributed by atoms with Crippen molar-refractivity contribution in [2.75, 3.05) is 32.7 Å². The van der Waals surface area contributed by atoms with Crippen molar-refractivity contribution in [3.63, 3.8) is 0 Å². The lowest BCUT2D eigenvalue weighted by atomic mass is 10.1. The van der Waals surface area contributed by atoms with Crippen LogP contribution in [0.25, 0.3) is 0 Å². The number of nitrogens with zero attached hydrogens (tertiary/aromatic N) is 2. The van der Waals surface area contributed by atoms with E-state index in [1.807, 2.05) is 22.6 Å². The lowest BCUT2D eigenvalue weighted by Gasteiger charge is -2.34. The number of piperazine rings is 1. The molecule has 0 aliphatic carbocycles. The molecule has 0 spiro atoms. The number of likely N-dealkylation sites (N-methyl/N-ethyl adjacent to an activating group) is 1. The minimum absolute atomic E-state index is 0.112. The van der Waals surface area contributed by atoms with Gasteiger partial charge in [0.25, 0.3) is 5.91 Å². The van der Waals surface area contributed by atoms with E-state index in [9.17, 15) is 9.18 Å². The molecule has 1 amide bonds. The van der Waals surface area contributed by atoms with Crippen LogP contribution in [0.4, 0.5) is 4.39 Å². The van der Waals surface area contributed by atoms with E-state index in [0.717, 1.165) is 19.6 Å². The second-order valence-electron chi connectivity index (χ2n) is 4.47. The zero-order valence-electron chi connectivity index (χ0n) is 10.6. The topological polar surface area (TPSA) is 23.6 Å². The molecule has 1 aliphatic heterocycles. The molecule has 1 aliphatic rings. The molecule has 6 heteroatoms. The molecule has 1 fully saturated rings. The molecule has 1 saturated heterocycles. The number of amides is 1. The molecule has 0 radical (unpaired) electrons. The summed E-state index contributed by atoms with van der Waals surface area (Å²) in [5.74, 6) is -0.503. The van der Waals surface area contributed by atoms with E-state index in [1.165, 1.54) is 12.1 Å². The van der Waals surface area contributed by atoms with Crippen molar-refractivity contribution >= 4 is 40.1 Å². The third-order valence-electron chi connectivity index (χ3n) is 3.35. The molecule has 1 heterocycles. The van der Waals surface area contributed by atoms with Gasteiger partial charge in [0.1, 0.15) is 5.82 Å². The van der Waals surface area contributed by atoms with E-state index in [0.29, 0.717) is 22.2 Å². The molecule has 0 saturated carbocycles. The highest BCUT2D eigenvalue weighted by Crippen LogP contribution is 2.23. The number of carbonyl (C=O) groups excluding carboxylic acids is 1. The Kier molecular flexibility index (Phi) is 5.03. The molecule has 19 heavy (non-hydrogen) atoms. The highest BCUT2D eigenvalue weighted by molar-refractivity contribution is 14.1. The first kappa shape index (κ1) is 15.0. The monoisotopic (exact) mass is 396 g/mol. The Hall–Kier alpha value is -0.400. The summed E-state index contributed by atoms with van der Waals surface area (Å²) < 4.78 is 13.8.